The summed E-state index contributed by atoms with van der Waals surface area (Å²) in [5.41, 5.74) is 3.30. The molecule has 4 rings (SSSR count). The zero-order valence-electron chi connectivity index (χ0n) is 18.2. The van der Waals surface area contributed by atoms with Crippen LogP contribution in [0, 0.1) is 10.1 Å². The highest BCUT2D eigenvalue weighted by Crippen LogP contribution is 2.23. The van der Waals surface area contributed by atoms with Crippen molar-refractivity contribution in [3.63, 3.8) is 0 Å². The molecule has 2 aromatic carbocycles. The predicted molar refractivity (Wildman–Crippen MR) is 124 cm³/mol. The minimum Gasteiger partial charge on any atom is -0.496 e. The largest absolute Gasteiger partial charge is 0.496 e. The van der Waals surface area contributed by atoms with Crippen molar-refractivity contribution >= 4 is 23.4 Å². The van der Waals surface area contributed by atoms with E-state index in [1.54, 1.807) is 25.4 Å². The zero-order valence-corrected chi connectivity index (χ0v) is 18.2. The van der Waals surface area contributed by atoms with E-state index in [9.17, 15) is 14.9 Å². The van der Waals surface area contributed by atoms with Crippen LogP contribution in [0.5, 0.6) is 5.75 Å². The van der Waals surface area contributed by atoms with Gasteiger partial charge in [0.2, 0.25) is 0 Å². The number of benzene rings is 2. The van der Waals surface area contributed by atoms with Crippen LogP contribution in [0.15, 0.2) is 60.8 Å². The molecule has 2 heterocycles. The van der Waals surface area contributed by atoms with Gasteiger partial charge in [-0.3, -0.25) is 4.79 Å². The van der Waals surface area contributed by atoms with Crippen LogP contribution >= 0.6 is 0 Å². The summed E-state index contributed by atoms with van der Waals surface area (Å²) < 4.78 is 12.3. The van der Waals surface area contributed by atoms with Gasteiger partial charge in [-0.25, -0.2) is 0 Å². The van der Waals surface area contributed by atoms with Crippen molar-refractivity contribution in [1.29, 1.82) is 0 Å². The Hall–Kier alpha value is -3.98. The molecule has 0 atom stereocenters. The highest BCUT2D eigenvalue weighted by atomic mass is 16.6. The summed E-state index contributed by atoms with van der Waals surface area (Å²) in [6.07, 6.45) is 4.82. The third-order valence-electron chi connectivity index (χ3n) is 5.41. The number of allylic oxidation sites excluding steroid dienone is 1. The number of aromatic nitrogens is 2. The number of nitro groups is 1. The molecule has 1 aliphatic rings. The predicted octanol–water partition coefficient (Wildman–Crippen LogP) is 3.58. The number of anilines is 1. The number of methoxy groups -OCH3 is 1. The second kappa shape index (κ2) is 10.1. The van der Waals surface area contributed by atoms with Crippen molar-refractivity contribution in [3.05, 3.63) is 87.6 Å². The maximum atomic E-state index is 12.6. The summed E-state index contributed by atoms with van der Waals surface area (Å²) in [4.78, 5) is 25.2. The maximum absolute atomic E-state index is 12.6. The van der Waals surface area contributed by atoms with E-state index in [0.717, 1.165) is 29.9 Å². The lowest BCUT2D eigenvalue weighted by molar-refractivity contribution is -0.389. The van der Waals surface area contributed by atoms with E-state index < -0.39 is 4.92 Å². The fourth-order valence-electron chi connectivity index (χ4n) is 3.66. The van der Waals surface area contributed by atoms with Crippen molar-refractivity contribution < 1.29 is 19.2 Å². The Kier molecular flexibility index (Phi) is 6.80. The van der Waals surface area contributed by atoms with Gasteiger partial charge in [0.05, 0.1) is 44.2 Å². The molecule has 1 saturated heterocycles. The van der Waals surface area contributed by atoms with Crippen molar-refractivity contribution in [2.24, 2.45) is 0 Å². The van der Waals surface area contributed by atoms with E-state index in [1.807, 2.05) is 36.4 Å². The number of morpholine rings is 1. The minimum atomic E-state index is -0.536. The van der Waals surface area contributed by atoms with E-state index >= 15 is 0 Å². The number of hydrogen-bond acceptors (Lipinski definition) is 7. The zero-order chi connectivity index (χ0) is 23.2. The van der Waals surface area contributed by atoms with Crippen LogP contribution < -0.4 is 9.64 Å². The molecular formula is C24H24N4O5. The van der Waals surface area contributed by atoms with Crippen molar-refractivity contribution in [2.45, 2.75) is 6.54 Å². The lowest BCUT2D eigenvalue weighted by Gasteiger charge is -2.28. The Bertz CT molecular complexity index is 1160. The number of hydrogen-bond donors (Lipinski definition) is 0. The summed E-state index contributed by atoms with van der Waals surface area (Å²) in [6.45, 7) is 3.42. The SMILES string of the molecule is COc1ccc(/C=C/C(=O)c2ccc(N3CCOCC3)cc2)cc1Cn1ccc([N+](=O)[O-])n1. The van der Waals surface area contributed by atoms with Gasteiger partial charge in [0.25, 0.3) is 0 Å². The van der Waals surface area contributed by atoms with Crippen LogP contribution in [0.25, 0.3) is 6.08 Å². The molecule has 0 radical (unpaired) electrons. The first kappa shape index (κ1) is 22.2. The summed E-state index contributed by atoms with van der Waals surface area (Å²) in [5, 5.41) is 14.8. The molecule has 1 aliphatic heterocycles. The quantitative estimate of drug-likeness (QED) is 0.225. The van der Waals surface area contributed by atoms with Crippen LogP contribution in [-0.4, -0.2) is 53.9 Å². The van der Waals surface area contributed by atoms with Gasteiger partial charge >= 0.3 is 5.82 Å². The number of rotatable bonds is 8. The molecule has 0 amide bonds. The van der Waals surface area contributed by atoms with Gasteiger partial charge in [-0.1, -0.05) is 12.1 Å². The molecule has 0 aliphatic carbocycles. The molecule has 0 bridgehead atoms. The average molecular weight is 448 g/mol. The van der Waals surface area contributed by atoms with Crippen LogP contribution in [0.2, 0.25) is 0 Å². The smallest absolute Gasteiger partial charge is 0.389 e. The van der Waals surface area contributed by atoms with Gasteiger partial charge in [0.1, 0.15) is 5.75 Å². The molecule has 0 unspecified atom stereocenters. The standard InChI is InChI=1S/C24H24N4O5/c1-32-23-9-3-18(16-20(23)17-27-11-10-24(25-27)28(30)31)2-8-22(29)19-4-6-21(7-5-19)26-12-14-33-15-13-26/h2-11,16H,12-15,17H2,1H3/b8-2+. The van der Waals surface area contributed by atoms with E-state index in [1.165, 1.54) is 16.8 Å². The van der Waals surface area contributed by atoms with Gasteiger partial charge < -0.3 is 24.5 Å². The summed E-state index contributed by atoms with van der Waals surface area (Å²) in [5.74, 6) is 0.328. The molecule has 9 heteroatoms. The Balaban J connectivity index is 1.46. The van der Waals surface area contributed by atoms with Crippen molar-refractivity contribution in [3.8, 4) is 5.75 Å². The third kappa shape index (κ3) is 5.45. The van der Waals surface area contributed by atoms with Crippen LogP contribution in [0.3, 0.4) is 0 Å². The fourth-order valence-corrected chi connectivity index (χ4v) is 3.66. The molecule has 33 heavy (non-hydrogen) atoms. The molecule has 170 valence electrons. The lowest BCUT2D eigenvalue weighted by atomic mass is 10.1. The van der Waals surface area contributed by atoms with Crippen molar-refractivity contribution in [2.75, 3.05) is 38.3 Å². The van der Waals surface area contributed by atoms with Crippen LogP contribution in [0.1, 0.15) is 21.5 Å². The first-order valence-corrected chi connectivity index (χ1v) is 10.5. The van der Waals surface area contributed by atoms with E-state index in [4.69, 9.17) is 9.47 Å². The summed E-state index contributed by atoms with van der Waals surface area (Å²) >= 11 is 0. The molecule has 0 N–H and O–H groups in total. The normalized spacial score (nSPS) is 13.9. The molecule has 1 fully saturated rings. The highest BCUT2D eigenvalue weighted by molar-refractivity contribution is 6.07. The Morgan fingerprint density at radius 3 is 2.61 bits per heavy atom. The van der Waals surface area contributed by atoms with E-state index in [2.05, 4.69) is 10.00 Å². The van der Waals surface area contributed by atoms with Crippen LogP contribution in [0.4, 0.5) is 11.5 Å². The number of ketones is 1. The number of carbonyl (C=O) groups is 1. The molecule has 0 saturated carbocycles. The first-order chi connectivity index (χ1) is 16.0. The number of ether oxygens (including phenoxy) is 2. The van der Waals surface area contributed by atoms with Crippen molar-refractivity contribution in [1.82, 2.24) is 9.78 Å². The number of nitrogens with zero attached hydrogens (tertiary/aromatic N) is 4. The van der Waals surface area contributed by atoms with E-state index in [0.29, 0.717) is 31.1 Å². The summed E-state index contributed by atoms with van der Waals surface area (Å²) in [7, 11) is 1.56. The second-order valence-electron chi connectivity index (χ2n) is 7.54. The molecular weight excluding hydrogens is 424 g/mol. The Morgan fingerprint density at radius 1 is 1.18 bits per heavy atom. The summed E-state index contributed by atoms with van der Waals surface area (Å²) in [6, 6.07) is 14.5. The lowest BCUT2D eigenvalue weighted by Crippen LogP contribution is -2.36. The van der Waals surface area contributed by atoms with Gasteiger partial charge in [0, 0.05) is 29.9 Å². The van der Waals surface area contributed by atoms with Gasteiger partial charge in [-0.15, -0.1) is 0 Å². The first-order valence-electron chi connectivity index (χ1n) is 10.5. The highest BCUT2D eigenvalue weighted by Gasteiger charge is 2.14. The monoisotopic (exact) mass is 448 g/mol. The third-order valence-corrected chi connectivity index (χ3v) is 5.41. The molecule has 9 nitrogen and oxygen atoms in total. The van der Waals surface area contributed by atoms with E-state index in [-0.39, 0.29) is 11.6 Å². The number of carbonyl (C=O) groups excluding carboxylic acids is 1. The molecule has 1 aromatic heterocycles. The molecule has 3 aromatic rings. The minimum absolute atomic E-state index is 0.0939. The molecule has 0 spiro atoms. The maximum Gasteiger partial charge on any atom is 0.389 e. The second-order valence-corrected chi connectivity index (χ2v) is 7.54. The topological polar surface area (TPSA) is 99.7 Å². The average Bonchev–Trinajstić information content (AvgIpc) is 3.32. The van der Waals surface area contributed by atoms with Gasteiger partial charge in [-0.2, -0.15) is 4.68 Å². The Morgan fingerprint density at radius 2 is 1.94 bits per heavy atom. The van der Waals surface area contributed by atoms with Crippen LogP contribution in [-0.2, 0) is 11.3 Å². The van der Waals surface area contributed by atoms with Gasteiger partial charge in [0.15, 0.2) is 5.78 Å². The Labute approximate surface area is 191 Å². The van der Waals surface area contributed by atoms with Gasteiger partial charge in [-0.05, 0) is 53.0 Å². The fraction of sp³-hybridized carbons (Fsp3) is 0.250.